The number of ether oxygens (including phenoxy) is 1. The number of halogens is 2. The van der Waals surface area contributed by atoms with Gasteiger partial charge in [0.15, 0.2) is 0 Å². The van der Waals surface area contributed by atoms with E-state index in [9.17, 15) is 13.2 Å². The fourth-order valence-electron chi connectivity index (χ4n) is 2.62. The van der Waals surface area contributed by atoms with Crippen LogP contribution in [0.1, 0.15) is 22.8 Å². The van der Waals surface area contributed by atoms with Gasteiger partial charge >= 0.3 is 0 Å². The Morgan fingerprint density at radius 1 is 1.03 bits per heavy atom. The second-order valence-corrected chi connectivity index (χ2v) is 8.98. The molecule has 3 aromatic rings. The fourth-order valence-corrected chi connectivity index (χ4v) is 4.13. The molecule has 0 saturated heterocycles. The van der Waals surface area contributed by atoms with Gasteiger partial charge in [0.25, 0.3) is 15.9 Å². The first kappa shape index (κ1) is 23.6. The molecule has 7 nitrogen and oxygen atoms in total. The molecule has 166 valence electrons. The van der Waals surface area contributed by atoms with Crippen molar-refractivity contribution in [2.75, 3.05) is 11.3 Å². The van der Waals surface area contributed by atoms with Gasteiger partial charge in [-0.05, 0) is 67.6 Å². The Bertz CT molecular complexity index is 1230. The summed E-state index contributed by atoms with van der Waals surface area (Å²) < 4.78 is 32.9. The van der Waals surface area contributed by atoms with Crippen molar-refractivity contribution in [2.24, 2.45) is 5.10 Å². The number of nitrogens with one attached hydrogen (secondary N) is 2. The lowest BCUT2D eigenvalue weighted by Crippen LogP contribution is -2.18. The minimum absolute atomic E-state index is 0.0953. The van der Waals surface area contributed by atoms with Crippen molar-refractivity contribution < 1.29 is 17.9 Å². The minimum Gasteiger partial charge on any atom is -0.494 e. The summed E-state index contributed by atoms with van der Waals surface area (Å²) in [6.45, 7) is 2.34. The molecule has 1 amide bonds. The Balaban J connectivity index is 1.62. The highest BCUT2D eigenvalue weighted by Gasteiger charge is 2.14. The van der Waals surface area contributed by atoms with Crippen LogP contribution in [-0.2, 0) is 10.0 Å². The minimum atomic E-state index is -3.78. The van der Waals surface area contributed by atoms with Crippen molar-refractivity contribution in [1.29, 1.82) is 0 Å². The second-order valence-electron chi connectivity index (χ2n) is 6.45. The topological polar surface area (TPSA) is 96.9 Å². The maximum atomic E-state index is 12.5. The summed E-state index contributed by atoms with van der Waals surface area (Å²) >= 11 is 11.9. The average Bonchev–Trinajstić information content (AvgIpc) is 2.76. The largest absolute Gasteiger partial charge is 0.494 e. The van der Waals surface area contributed by atoms with Crippen LogP contribution in [0.4, 0.5) is 5.69 Å². The number of rotatable bonds is 8. The van der Waals surface area contributed by atoms with E-state index in [1.165, 1.54) is 42.6 Å². The SMILES string of the molecule is CCOc1ccc(S(=O)(=O)Nc2ccc(C(=O)N/N=C\c3ccc(Cl)cc3Cl)cc2)cc1. The lowest BCUT2D eigenvalue weighted by molar-refractivity contribution is 0.0955. The summed E-state index contributed by atoms with van der Waals surface area (Å²) in [4.78, 5) is 12.3. The smallest absolute Gasteiger partial charge is 0.271 e. The number of hydrogen-bond acceptors (Lipinski definition) is 5. The molecule has 0 spiro atoms. The number of amides is 1. The first-order chi connectivity index (χ1) is 15.3. The Hall–Kier alpha value is -3.07. The molecule has 0 unspecified atom stereocenters. The zero-order chi connectivity index (χ0) is 23.1. The quantitative estimate of drug-likeness (QED) is 0.343. The molecule has 0 atom stereocenters. The van der Waals surface area contributed by atoms with Gasteiger partial charge in [-0.25, -0.2) is 13.8 Å². The van der Waals surface area contributed by atoms with Crippen LogP contribution in [0.3, 0.4) is 0 Å². The Kier molecular flexibility index (Phi) is 7.74. The van der Waals surface area contributed by atoms with Gasteiger partial charge in [0.2, 0.25) is 0 Å². The highest BCUT2D eigenvalue weighted by Crippen LogP contribution is 2.21. The third kappa shape index (κ3) is 6.23. The molecule has 0 aliphatic heterocycles. The van der Waals surface area contributed by atoms with Crippen molar-refractivity contribution >= 4 is 51.0 Å². The summed E-state index contributed by atoms with van der Waals surface area (Å²) in [7, 11) is -3.78. The van der Waals surface area contributed by atoms with E-state index in [-0.39, 0.29) is 4.90 Å². The molecular formula is C22H19Cl2N3O4S. The highest BCUT2D eigenvalue weighted by molar-refractivity contribution is 7.92. The molecular weight excluding hydrogens is 473 g/mol. The number of nitrogens with zero attached hydrogens (tertiary/aromatic N) is 1. The van der Waals surface area contributed by atoms with Crippen molar-refractivity contribution in [1.82, 2.24) is 5.43 Å². The molecule has 32 heavy (non-hydrogen) atoms. The summed E-state index contributed by atoms with van der Waals surface area (Å²) in [5.74, 6) is 0.120. The van der Waals surface area contributed by atoms with Crippen molar-refractivity contribution in [3.05, 3.63) is 87.9 Å². The van der Waals surface area contributed by atoms with E-state index >= 15 is 0 Å². The number of carbonyl (C=O) groups excluding carboxylic acids is 1. The number of anilines is 1. The van der Waals surface area contributed by atoms with Crippen LogP contribution in [0.25, 0.3) is 0 Å². The monoisotopic (exact) mass is 491 g/mol. The van der Waals surface area contributed by atoms with Crippen molar-refractivity contribution in [3.63, 3.8) is 0 Å². The van der Waals surface area contributed by atoms with E-state index in [0.717, 1.165) is 0 Å². The third-order valence-corrected chi connectivity index (χ3v) is 6.14. The number of carbonyl (C=O) groups is 1. The van der Waals surface area contributed by atoms with E-state index in [4.69, 9.17) is 27.9 Å². The molecule has 0 aromatic heterocycles. The highest BCUT2D eigenvalue weighted by atomic mass is 35.5. The molecule has 0 saturated carbocycles. The predicted molar refractivity (Wildman–Crippen MR) is 126 cm³/mol. The van der Waals surface area contributed by atoms with E-state index in [0.29, 0.717) is 39.2 Å². The number of hydrazone groups is 1. The van der Waals surface area contributed by atoms with E-state index in [2.05, 4.69) is 15.2 Å². The van der Waals surface area contributed by atoms with Crippen LogP contribution in [0, 0.1) is 0 Å². The summed E-state index contributed by atoms with van der Waals surface area (Å²) in [5, 5.41) is 4.77. The number of benzene rings is 3. The molecule has 0 radical (unpaired) electrons. The Labute approximate surface area is 196 Å². The van der Waals surface area contributed by atoms with Crippen LogP contribution in [0.5, 0.6) is 5.75 Å². The van der Waals surface area contributed by atoms with E-state index in [1.54, 1.807) is 30.3 Å². The number of hydrogen-bond donors (Lipinski definition) is 2. The second kappa shape index (κ2) is 10.5. The van der Waals surface area contributed by atoms with Gasteiger partial charge in [0, 0.05) is 21.8 Å². The van der Waals surface area contributed by atoms with Gasteiger partial charge in [0.1, 0.15) is 5.75 Å². The van der Waals surface area contributed by atoms with Crippen LogP contribution in [0.15, 0.2) is 76.7 Å². The van der Waals surface area contributed by atoms with Crippen molar-refractivity contribution in [2.45, 2.75) is 11.8 Å². The molecule has 0 fully saturated rings. The summed E-state index contributed by atoms with van der Waals surface area (Å²) in [6.07, 6.45) is 1.40. The molecule has 0 bridgehead atoms. The molecule has 3 rings (SSSR count). The first-order valence-electron chi connectivity index (χ1n) is 9.42. The van der Waals surface area contributed by atoms with Gasteiger partial charge in [-0.15, -0.1) is 0 Å². The van der Waals surface area contributed by atoms with Crippen LogP contribution < -0.4 is 14.9 Å². The van der Waals surface area contributed by atoms with Gasteiger partial charge in [-0.1, -0.05) is 29.3 Å². The standard InChI is InChI=1S/C22H19Cl2N3O4S/c1-2-31-19-9-11-20(12-10-19)32(29,30)27-18-7-4-15(5-8-18)22(28)26-25-14-16-3-6-17(23)13-21(16)24/h3-14,27H,2H2,1H3,(H,26,28)/b25-14-. The van der Waals surface area contributed by atoms with E-state index in [1.807, 2.05) is 6.92 Å². The maximum absolute atomic E-state index is 12.5. The predicted octanol–water partition coefficient (Wildman–Crippen LogP) is 4.96. The van der Waals surface area contributed by atoms with Crippen LogP contribution >= 0.6 is 23.2 Å². The Morgan fingerprint density at radius 3 is 2.34 bits per heavy atom. The molecule has 10 heteroatoms. The lowest BCUT2D eigenvalue weighted by atomic mass is 10.2. The van der Waals surface area contributed by atoms with Crippen LogP contribution in [0.2, 0.25) is 10.0 Å². The van der Waals surface area contributed by atoms with Gasteiger partial charge < -0.3 is 4.74 Å². The number of sulfonamides is 1. The van der Waals surface area contributed by atoms with Crippen molar-refractivity contribution in [3.8, 4) is 5.75 Å². The normalized spacial score (nSPS) is 11.3. The zero-order valence-electron chi connectivity index (χ0n) is 16.9. The van der Waals surface area contributed by atoms with Crippen LogP contribution in [-0.4, -0.2) is 27.1 Å². The molecule has 3 aromatic carbocycles. The Morgan fingerprint density at radius 2 is 1.72 bits per heavy atom. The van der Waals surface area contributed by atoms with Gasteiger partial charge in [-0.3, -0.25) is 9.52 Å². The third-order valence-electron chi connectivity index (χ3n) is 4.18. The fraction of sp³-hybridized carbons (Fsp3) is 0.0909. The maximum Gasteiger partial charge on any atom is 0.271 e. The zero-order valence-corrected chi connectivity index (χ0v) is 19.2. The lowest BCUT2D eigenvalue weighted by Gasteiger charge is -2.09. The molecule has 0 aliphatic carbocycles. The molecule has 0 heterocycles. The van der Waals surface area contributed by atoms with E-state index < -0.39 is 15.9 Å². The molecule has 2 N–H and O–H groups in total. The summed E-state index contributed by atoms with van der Waals surface area (Å²) in [5.41, 5.74) is 3.59. The summed E-state index contributed by atoms with van der Waals surface area (Å²) in [6, 6.07) is 16.9. The average molecular weight is 492 g/mol. The van der Waals surface area contributed by atoms with Gasteiger partial charge in [-0.2, -0.15) is 5.10 Å². The van der Waals surface area contributed by atoms with Gasteiger partial charge in [0.05, 0.1) is 22.7 Å². The molecule has 0 aliphatic rings. The first-order valence-corrected chi connectivity index (χ1v) is 11.7.